The molecule has 0 saturated carbocycles. The Kier molecular flexibility index (Phi) is 4.91. The number of rotatable bonds is 4. The van der Waals surface area contributed by atoms with E-state index in [1.807, 2.05) is 0 Å². The Labute approximate surface area is 138 Å². The zero-order chi connectivity index (χ0) is 17.2. The maximum absolute atomic E-state index is 13.1. The van der Waals surface area contributed by atoms with Gasteiger partial charge in [-0.2, -0.15) is 0 Å². The van der Waals surface area contributed by atoms with Crippen LogP contribution in [-0.2, 0) is 14.8 Å². The molecule has 0 saturated heterocycles. The van der Waals surface area contributed by atoms with E-state index in [1.165, 1.54) is 31.4 Å². The van der Waals surface area contributed by atoms with Gasteiger partial charge in [-0.05, 0) is 48.9 Å². The van der Waals surface area contributed by atoms with E-state index in [-0.39, 0.29) is 21.2 Å². The Hall–Kier alpha value is -2.12. The average molecular weight is 358 g/mol. The molecular formula is C15H13ClFNO4S. The highest BCUT2D eigenvalue weighted by molar-refractivity contribution is 7.92. The summed E-state index contributed by atoms with van der Waals surface area (Å²) in [7, 11) is -2.87. The summed E-state index contributed by atoms with van der Waals surface area (Å²) in [5.74, 6) is -1.16. The van der Waals surface area contributed by atoms with E-state index in [0.717, 1.165) is 12.1 Å². The number of sulfonamides is 1. The number of nitrogens with one attached hydrogen (secondary N) is 1. The fourth-order valence-electron chi connectivity index (χ4n) is 1.90. The fraction of sp³-hybridized carbons (Fsp3) is 0.133. The molecular weight excluding hydrogens is 345 g/mol. The van der Waals surface area contributed by atoms with Crippen LogP contribution in [0.4, 0.5) is 10.1 Å². The fourth-order valence-corrected chi connectivity index (χ4v) is 3.55. The molecule has 122 valence electrons. The van der Waals surface area contributed by atoms with Crippen LogP contribution >= 0.6 is 11.6 Å². The van der Waals surface area contributed by atoms with E-state index >= 15 is 0 Å². The Bertz CT molecular complexity index is 868. The van der Waals surface area contributed by atoms with Crippen LogP contribution < -0.4 is 4.72 Å². The topological polar surface area (TPSA) is 72.5 Å². The molecule has 0 aliphatic heterocycles. The third kappa shape index (κ3) is 3.80. The van der Waals surface area contributed by atoms with Crippen molar-refractivity contribution in [2.24, 2.45) is 0 Å². The summed E-state index contributed by atoms with van der Waals surface area (Å²) in [4.78, 5) is 11.3. The molecule has 0 aliphatic carbocycles. The number of halogens is 2. The van der Waals surface area contributed by atoms with E-state index in [2.05, 4.69) is 9.46 Å². The lowest BCUT2D eigenvalue weighted by Gasteiger charge is -2.12. The van der Waals surface area contributed by atoms with Crippen molar-refractivity contribution in [3.05, 3.63) is 58.4 Å². The van der Waals surface area contributed by atoms with Crippen molar-refractivity contribution >= 4 is 33.3 Å². The monoisotopic (exact) mass is 357 g/mol. The summed E-state index contributed by atoms with van der Waals surface area (Å²) in [5.41, 5.74) is 0.674. The van der Waals surface area contributed by atoms with Crippen molar-refractivity contribution in [1.29, 1.82) is 0 Å². The molecule has 0 radical (unpaired) electrons. The minimum atomic E-state index is -4.06. The molecule has 0 unspecified atom stereocenters. The number of hydrogen-bond donors (Lipinski definition) is 1. The van der Waals surface area contributed by atoms with Crippen LogP contribution in [-0.4, -0.2) is 21.5 Å². The predicted molar refractivity (Wildman–Crippen MR) is 84.7 cm³/mol. The lowest BCUT2D eigenvalue weighted by atomic mass is 10.2. The molecule has 2 rings (SSSR count). The van der Waals surface area contributed by atoms with Gasteiger partial charge < -0.3 is 4.74 Å². The van der Waals surface area contributed by atoms with E-state index in [9.17, 15) is 17.6 Å². The normalized spacial score (nSPS) is 11.1. The highest BCUT2D eigenvalue weighted by Crippen LogP contribution is 2.26. The van der Waals surface area contributed by atoms with Gasteiger partial charge >= 0.3 is 5.97 Å². The van der Waals surface area contributed by atoms with Crippen molar-refractivity contribution in [3.63, 3.8) is 0 Å². The van der Waals surface area contributed by atoms with E-state index in [1.54, 1.807) is 6.92 Å². The predicted octanol–water partition coefficient (Wildman–Crippen LogP) is 3.37. The summed E-state index contributed by atoms with van der Waals surface area (Å²) >= 11 is 5.93. The number of methoxy groups -OCH3 is 1. The number of hydrogen-bond acceptors (Lipinski definition) is 4. The number of aryl methyl sites for hydroxylation is 1. The van der Waals surface area contributed by atoms with Crippen molar-refractivity contribution in [2.45, 2.75) is 11.8 Å². The maximum atomic E-state index is 13.1. The zero-order valence-electron chi connectivity index (χ0n) is 12.3. The van der Waals surface area contributed by atoms with Crippen LogP contribution in [0.2, 0.25) is 5.02 Å². The molecule has 0 aliphatic rings. The van der Waals surface area contributed by atoms with E-state index < -0.39 is 21.8 Å². The zero-order valence-corrected chi connectivity index (χ0v) is 13.8. The summed E-state index contributed by atoms with van der Waals surface area (Å²) in [6, 6.07) is 7.41. The number of benzene rings is 2. The molecule has 5 nitrogen and oxygen atoms in total. The number of carbonyl (C=O) groups excluding carboxylic acids is 1. The van der Waals surface area contributed by atoms with Gasteiger partial charge in [0.05, 0.1) is 23.4 Å². The largest absolute Gasteiger partial charge is 0.465 e. The first kappa shape index (κ1) is 17.2. The standard InChI is InChI=1S/C15H13ClFNO4S/c1-9-7-11(17)4-6-13(9)18-23(20,21)14-8-10(15(19)22-2)3-5-12(14)16/h3-8,18H,1-2H3. The molecule has 0 spiro atoms. The lowest BCUT2D eigenvalue weighted by molar-refractivity contribution is 0.0600. The molecule has 2 aromatic carbocycles. The third-order valence-electron chi connectivity index (χ3n) is 3.07. The van der Waals surface area contributed by atoms with Crippen molar-refractivity contribution in [3.8, 4) is 0 Å². The number of carbonyl (C=O) groups is 1. The van der Waals surface area contributed by atoms with Gasteiger partial charge in [-0.1, -0.05) is 11.6 Å². The quantitative estimate of drug-likeness (QED) is 0.851. The van der Waals surface area contributed by atoms with Gasteiger partial charge in [-0.25, -0.2) is 17.6 Å². The molecule has 0 bridgehead atoms. The Morgan fingerprint density at radius 3 is 2.52 bits per heavy atom. The first-order valence-electron chi connectivity index (χ1n) is 6.41. The van der Waals surface area contributed by atoms with Crippen molar-refractivity contribution in [1.82, 2.24) is 0 Å². The maximum Gasteiger partial charge on any atom is 0.337 e. The molecule has 0 aromatic heterocycles. The van der Waals surface area contributed by atoms with Crippen LogP contribution in [0.3, 0.4) is 0 Å². The number of anilines is 1. The summed E-state index contributed by atoms with van der Waals surface area (Å²) in [6.07, 6.45) is 0. The summed E-state index contributed by atoms with van der Waals surface area (Å²) in [6.45, 7) is 1.56. The van der Waals surface area contributed by atoms with Crippen LogP contribution in [0.5, 0.6) is 0 Å². The second-order valence-electron chi connectivity index (χ2n) is 4.70. The molecule has 0 atom stereocenters. The average Bonchev–Trinajstić information content (AvgIpc) is 2.49. The van der Waals surface area contributed by atoms with Gasteiger partial charge in [0, 0.05) is 0 Å². The van der Waals surface area contributed by atoms with Crippen LogP contribution in [0.25, 0.3) is 0 Å². The van der Waals surface area contributed by atoms with Gasteiger partial charge in [0.15, 0.2) is 0 Å². The van der Waals surface area contributed by atoms with Crippen molar-refractivity contribution in [2.75, 3.05) is 11.8 Å². The van der Waals surface area contributed by atoms with Gasteiger partial charge in [-0.15, -0.1) is 0 Å². The lowest BCUT2D eigenvalue weighted by Crippen LogP contribution is -2.15. The van der Waals surface area contributed by atoms with Crippen LogP contribution in [0.15, 0.2) is 41.3 Å². The van der Waals surface area contributed by atoms with E-state index in [0.29, 0.717) is 5.56 Å². The molecule has 1 N–H and O–H groups in total. The molecule has 8 heteroatoms. The van der Waals surface area contributed by atoms with Crippen LogP contribution in [0, 0.1) is 12.7 Å². The molecule has 2 aromatic rings. The minimum absolute atomic E-state index is 0.0492. The molecule has 0 fully saturated rings. The van der Waals surface area contributed by atoms with E-state index in [4.69, 9.17) is 11.6 Å². The molecule has 0 amide bonds. The summed E-state index contributed by atoms with van der Waals surface area (Å²) in [5, 5.41) is -0.0510. The smallest absolute Gasteiger partial charge is 0.337 e. The van der Waals surface area contributed by atoms with Gasteiger partial charge in [-0.3, -0.25) is 4.72 Å². The number of ether oxygens (including phenoxy) is 1. The second kappa shape index (κ2) is 6.55. The van der Waals surface area contributed by atoms with Crippen LogP contribution in [0.1, 0.15) is 15.9 Å². The Morgan fingerprint density at radius 1 is 1.22 bits per heavy atom. The van der Waals surface area contributed by atoms with Gasteiger partial charge in [0.25, 0.3) is 10.0 Å². The minimum Gasteiger partial charge on any atom is -0.465 e. The highest BCUT2D eigenvalue weighted by Gasteiger charge is 2.21. The van der Waals surface area contributed by atoms with Gasteiger partial charge in [0.1, 0.15) is 10.7 Å². The third-order valence-corrected chi connectivity index (χ3v) is 4.92. The number of esters is 1. The van der Waals surface area contributed by atoms with Crippen molar-refractivity contribution < 1.29 is 22.3 Å². The SMILES string of the molecule is COC(=O)c1ccc(Cl)c(S(=O)(=O)Nc2ccc(F)cc2C)c1. The highest BCUT2D eigenvalue weighted by atomic mass is 35.5. The summed E-state index contributed by atoms with van der Waals surface area (Å²) < 4.78 is 44.9. The Balaban J connectivity index is 2.45. The molecule has 23 heavy (non-hydrogen) atoms. The Morgan fingerprint density at radius 2 is 1.91 bits per heavy atom. The molecule has 0 heterocycles. The first-order valence-corrected chi connectivity index (χ1v) is 8.27. The first-order chi connectivity index (χ1) is 10.7. The van der Waals surface area contributed by atoms with Gasteiger partial charge in [0.2, 0.25) is 0 Å². The second-order valence-corrected chi connectivity index (χ2v) is 6.76.